The van der Waals surface area contributed by atoms with Gasteiger partial charge in [0.1, 0.15) is 5.82 Å². The van der Waals surface area contributed by atoms with E-state index in [0.29, 0.717) is 19.5 Å². The number of carbonyl (C=O) groups excluding carboxylic acids is 1. The minimum atomic E-state index is -0.307. The largest absolute Gasteiger partial charge is 0.293 e. The van der Waals surface area contributed by atoms with Gasteiger partial charge in [-0.25, -0.2) is 9.07 Å². The van der Waals surface area contributed by atoms with Crippen molar-refractivity contribution in [2.45, 2.75) is 29.9 Å². The molecule has 3 aromatic rings. The standard InChI is InChI=1S/C19H17FN2OS3/c1-3-13-4-6-14(7-5-13)17(23)12(2)25-18-21-22(19(24)26-18)16-10-8-15(20)9-11-16/h4-12H,3H2,1-2H3/t12-/m0/s1. The van der Waals surface area contributed by atoms with E-state index in [1.165, 1.54) is 40.8 Å². The number of Topliss-reactive ketones (excluding diaryl/α,β-unsaturated/α-hetero) is 1. The van der Waals surface area contributed by atoms with Gasteiger partial charge in [0.15, 0.2) is 14.1 Å². The predicted octanol–water partition coefficient (Wildman–Crippen LogP) is 5.73. The molecule has 0 aliphatic rings. The van der Waals surface area contributed by atoms with Crippen LogP contribution in [0.4, 0.5) is 4.39 Å². The fourth-order valence-electron chi connectivity index (χ4n) is 2.40. The summed E-state index contributed by atoms with van der Waals surface area (Å²) in [5, 5.41) is 4.20. The summed E-state index contributed by atoms with van der Waals surface area (Å²) in [4.78, 5) is 12.6. The van der Waals surface area contributed by atoms with Crippen molar-refractivity contribution in [2.75, 3.05) is 0 Å². The molecule has 3 nitrogen and oxygen atoms in total. The van der Waals surface area contributed by atoms with Gasteiger partial charge in [-0.3, -0.25) is 4.79 Å². The summed E-state index contributed by atoms with van der Waals surface area (Å²) in [7, 11) is 0. The second-order valence-electron chi connectivity index (χ2n) is 5.70. The number of benzene rings is 2. The Balaban J connectivity index is 1.76. The monoisotopic (exact) mass is 404 g/mol. The van der Waals surface area contributed by atoms with E-state index in [1.807, 2.05) is 31.2 Å². The van der Waals surface area contributed by atoms with Crippen molar-refractivity contribution in [1.29, 1.82) is 0 Å². The van der Waals surface area contributed by atoms with Crippen LogP contribution < -0.4 is 0 Å². The van der Waals surface area contributed by atoms with Gasteiger partial charge in [-0.15, -0.1) is 5.10 Å². The maximum atomic E-state index is 13.1. The fraction of sp³-hybridized carbons (Fsp3) is 0.211. The van der Waals surface area contributed by atoms with Crippen LogP contribution in [0.2, 0.25) is 0 Å². The summed E-state index contributed by atoms with van der Waals surface area (Å²) < 4.78 is 15.9. The number of hydrogen-bond donors (Lipinski definition) is 0. The van der Waals surface area contributed by atoms with Crippen molar-refractivity contribution >= 4 is 41.1 Å². The van der Waals surface area contributed by atoms with E-state index in [-0.39, 0.29) is 16.9 Å². The molecule has 1 aromatic heterocycles. The van der Waals surface area contributed by atoms with Crippen LogP contribution in [-0.4, -0.2) is 20.8 Å². The van der Waals surface area contributed by atoms with Crippen LogP contribution in [0, 0.1) is 9.77 Å². The molecule has 2 aromatic carbocycles. The molecule has 0 radical (unpaired) electrons. The zero-order valence-corrected chi connectivity index (χ0v) is 16.8. The number of ketones is 1. The number of aryl methyl sites for hydroxylation is 1. The lowest BCUT2D eigenvalue weighted by atomic mass is 10.1. The minimum absolute atomic E-state index is 0.0621. The van der Waals surface area contributed by atoms with Crippen LogP contribution in [0.5, 0.6) is 0 Å². The van der Waals surface area contributed by atoms with Gasteiger partial charge in [0.05, 0.1) is 10.9 Å². The van der Waals surface area contributed by atoms with Gasteiger partial charge in [-0.1, -0.05) is 54.3 Å². The average Bonchev–Trinajstić information content (AvgIpc) is 3.02. The third-order valence-corrected chi connectivity index (χ3v) is 6.31. The van der Waals surface area contributed by atoms with E-state index >= 15 is 0 Å². The summed E-state index contributed by atoms with van der Waals surface area (Å²) >= 11 is 8.08. The summed E-state index contributed by atoms with van der Waals surface area (Å²) in [5.41, 5.74) is 2.61. The van der Waals surface area contributed by atoms with E-state index in [0.717, 1.165) is 6.42 Å². The molecule has 134 valence electrons. The maximum absolute atomic E-state index is 13.1. The molecule has 7 heteroatoms. The molecule has 1 atom stereocenters. The van der Waals surface area contributed by atoms with Gasteiger partial charge in [0, 0.05) is 5.56 Å². The first-order chi connectivity index (χ1) is 12.5. The SMILES string of the molecule is CCc1ccc(C(=O)[C@H](C)Sc2nn(-c3ccc(F)cc3)c(=S)s2)cc1. The van der Waals surface area contributed by atoms with E-state index < -0.39 is 0 Å². The highest BCUT2D eigenvalue weighted by Gasteiger charge is 2.19. The number of carbonyl (C=O) groups is 1. The Hall–Kier alpha value is -1.83. The van der Waals surface area contributed by atoms with Crippen molar-refractivity contribution in [3.63, 3.8) is 0 Å². The third kappa shape index (κ3) is 4.28. The second-order valence-corrected chi connectivity index (χ2v) is 8.91. The lowest BCUT2D eigenvalue weighted by Crippen LogP contribution is -2.13. The molecule has 0 amide bonds. The lowest BCUT2D eigenvalue weighted by Gasteiger charge is -2.08. The third-order valence-electron chi connectivity index (χ3n) is 3.89. The van der Waals surface area contributed by atoms with E-state index in [2.05, 4.69) is 12.0 Å². The topological polar surface area (TPSA) is 34.9 Å². The number of thioether (sulfide) groups is 1. The Kier molecular flexibility index (Phi) is 6.01. The van der Waals surface area contributed by atoms with Crippen LogP contribution in [-0.2, 0) is 6.42 Å². The quantitative estimate of drug-likeness (QED) is 0.299. The highest BCUT2D eigenvalue weighted by molar-refractivity contribution is 8.02. The Labute approximate surface area is 164 Å². The Morgan fingerprint density at radius 2 is 1.88 bits per heavy atom. The molecule has 0 saturated carbocycles. The first kappa shape index (κ1) is 18.9. The number of aromatic nitrogens is 2. The van der Waals surface area contributed by atoms with Crippen molar-refractivity contribution in [3.05, 3.63) is 69.4 Å². The first-order valence-electron chi connectivity index (χ1n) is 8.14. The van der Waals surface area contributed by atoms with Crippen LogP contribution >= 0.6 is 35.3 Å². The molecule has 1 heterocycles. The van der Waals surface area contributed by atoms with E-state index in [9.17, 15) is 9.18 Å². The average molecular weight is 405 g/mol. The van der Waals surface area contributed by atoms with Crippen LogP contribution in [0.25, 0.3) is 5.69 Å². The highest BCUT2D eigenvalue weighted by Crippen LogP contribution is 2.29. The molecule has 26 heavy (non-hydrogen) atoms. The van der Waals surface area contributed by atoms with Gasteiger partial charge in [0.2, 0.25) is 0 Å². The zero-order chi connectivity index (χ0) is 18.7. The van der Waals surface area contributed by atoms with Gasteiger partial charge in [0.25, 0.3) is 0 Å². The molecular weight excluding hydrogens is 387 g/mol. The first-order valence-corrected chi connectivity index (χ1v) is 10.2. The predicted molar refractivity (Wildman–Crippen MR) is 108 cm³/mol. The van der Waals surface area contributed by atoms with Crippen LogP contribution in [0.3, 0.4) is 0 Å². The second kappa shape index (κ2) is 8.24. The van der Waals surface area contributed by atoms with Crippen molar-refractivity contribution in [2.24, 2.45) is 0 Å². The van der Waals surface area contributed by atoms with E-state index in [1.54, 1.807) is 16.8 Å². The highest BCUT2D eigenvalue weighted by atomic mass is 32.2. The molecule has 0 spiro atoms. The number of halogens is 1. The molecule has 0 aliphatic heterocycles. The minimum Gasteiger partial charge on any atom is -0.293 e. The van der Waals surface area contributed by atoms with Gasteiger partial charge in [-0.2, -0.15) is 0 Å². The van der Waals surface area contributed by atoms with Crippen molar-refractivity contribution in [3.8, 4) is 5.69 Å². The molecular formula is C19H17FN2OS3. The molecule has 0 bridgehead atoms. The molecule has 0 saturated heterocycles. The lowest BCUT2D eigenvalue weighted by molar-refractivity contribution is 0.0994. The fourth-order valence-corrected chi connectivity index (χ4v) is 4.98. The summed E-state index contributed by atoms with van der Waals surface area (Å²) in [6.45, 7) is 3.95. The zero-order valence-electron chi connectivity index (χ0n) is 14.3. The number of hydrogen-bond acceptors (Lipinski definition) is 5. The molecule has 0 aliphatic carbocycles. The Morgan fingerprint density at radius 1 is 1.23 bits per heavy atom. The maximum Gasteiger partial charge on any atom is 0.184 e. The number of nitrogens with zero attached hydrogens (tertiary/aromatic N) is 2. The Morgan fingerprint density at radius 3 is 2.50 bits per heavy atom. The smallest absolute Gasteiger partial charge is 0.184 e. The molecule has 0 N–H and O–H groups in total. The summed E-state index contributed by atoms with van der Waals surface area (Å²) in [6.07, 6.45) is 0.947. The molecule has 0 fully saturated rings. The van der Waals surface area contributed by atoms with Gasteiger partial charge in [-0.05, 0) is 55.4 Å². The van der Waals surface area contributed by atoms with Crippen LogP contribution in [0.1, 0.15) is 29.8 Å². The van der Waals surface area contributed by atoms with Crippen molar-refractivity contribution < 1.29 is 9.18 Å². The molecule has 0 unspecified atom stereocenters. The molecule has 3 rings (SSSR count). The Bertz CT molecular complexity index is 962. The summed E-state index contributed by atoms with van der Waals surface area (Å²) in [6, 6.07) is 13.7. The van der Waals surface area contributed by atoms with E-state index in [4.69, 9.17) is 12.2 Å². The summed E-state index contributed by atoms with van der Waals surface area (Å²) in [5.74, 6) is -0.245. The normalized spacial score (nSPS) is 12.1. The van der Waals surface area contributed by atoms with Gasteiger partial charge < -0.3 is 0 Å². The number of rotatable bonds is 6. The van der Waals surface area contributed by atoms with Crippen LogP contribution in [0.15, 0.2) is 52.9 Å². The van der Waals surface area contributed by atoms with Crippen molar-refractivity contribution in [1.82, 2.24) is 9.78 Å². The van der Waals surface area contributed by atoms with Gasteiger partial charge >= 0.3 is 0 Å².